The minimum absolute atomic E-state index is 0.161. The summed E-state index contributed by atoms with van der Waals surface area (Å²) in [6.45, 7) is 3.09. The average molecular weight is 237 g/mol. The molecular weight excluding hydrogens is 218 g/mol. The number of aryl methyl sites for hydroxylation is 1. The fourth-order valence-electron chi connectivity index (χ4n) is 1.99. The Labute approximate surface area is 99.9 Å². The molecule has 0 aromatic carbocycles. The Balaban J connectivity index is 2.32. The molecule has 2 rings (SSSR count). The van der Waals surface area contributed by atoms with Gasteiger partial charge < -0.3 is 5.73 Å². The Morgan fingerprint density at radius 2 is 2.06 bits per heavy atom. The first kappa shape index (κ1) is 12.0. The van der Waals surface area contributed by atoms with Crippen molar-refractivity contribution in [3.05, 3.63) is 27.0 Å². The fraction of sp³-hybridized carbons (Fsp3) is 0.667. The normalized spacial score (nSPS) is 15.1. The summed E-state index contributed by atoms with van der Waals surface area (Å²) in [5.74, 6) is 0.697. The zero-order valence-electron chi connectivity index (χ0n) is 10.2. The third-order valence-electron chi connectivity index (χ3n) is 3.19. The van der Waals surface area contributed by atoms with Gasteiger partial charge in [-0.25, -0.2) is 4.79 Å². The van der Waals surface area contributed by atoms with Gasteiger partial charge in [0.25, 0.3) is 5.56 Å². The third-order valence-corrected chi connectivity index (χ3v) is 3.19. The summed E-state index contributed by atoms with van der Waals surface area (Å²) in [6, 6.07) is 0. The first-order valence-electron chi connectivity index (χ1n) is 6.23. The predicted octanol–water partition coefficient (Wildman–Crippen LogP) is 0.802. The monoisotopic (exact) mass is 237 g/mol. The Bertz CT molecular complexity index is 511. The average Bonchev–Trinajstić information content (AvgIpc) is 3.10. The summed E-state index contributed by atoms with van der Waals surface area (Å²) >= 11 is 0. The van der Waals surface area contributed by atoms with E-state index in [1.54, 1.807) is 0 Å². The predicted molar refractivity (Wildman–Crippen MR) is 67.0 cm³/mol. The maximum absolute atomic E-state index is 12.0. The largest absolute Gasteiger partial charge is 0.393 e. The fourth-order valence-corrected chi connectivity index (χ4v) is 1.99. The van der Waals surface area contributed by atoms with Crippen LogP contribution in [-0.2, 0) is 13.1 Å². The number of nitrogens with zero attached hydrogens (tertiary/aromatic N) is 2. The van der Waals surface area contributed by atoms with Gasteiger partial charge >= 0.3 is 5.69 Å². The zero-order valence-corrected chi connectivity index (χ0v) is 10.2. The van der Waals surface area contributed by atoms with Gasteiger partial charge in [0.2, 0.25) is 0 Å². The second-order valence-electron chi connectivity index (χ2n) is 4.75. The molecule has 2 N–H and O–H groups in total. The molecule has 0 amide bonds. The molecule has 1 aliphatic rings. The van der Waals surface area contributed by atoms with E-state index in [0.29, 0.717) is 19.0 Å². The number of aromatic nitrogens is 2. The molecule has 0 spiro atoms. The molecule has 0 aliphatic heterocycles. The lowest BCUT2D eigenvalue weighted by Gasteiger charge is -2.10. The van der Waals surface area contributed by atoms with Crippen LogP contribution in [0.2, 0.25) is 0 Å². The van der Waals surface area contributed by atoms with Crippen LogP contribution in [0.1, 0.15) is 32.6 Å². The van der Waals surface area contributed by atoms with E-state index in [0.717, 1.165) is 12.8 Å². The van der Waals surface area contributed by atoms with Crippen molar-refractivity contribution in [2.45, 2.75) is 45.7 Å². The van der Waals surface area contributed by atoms with E-state index in [4.69, 9.17) is 5.73 Å². The molecule has 0 atom stereocenters. The molecule has 1 heterocycles. The Morgan fingerprint density at radius 3 is 2.65 bits per heavy atom. The van der Waals surface area contributed by atoms with Crippen molar-refractivity contribution in [2.24, 2.45) is 5.92 Å². The summed E-state index contributed by atoms with van der Waals surface area (Å²) in [5, 5.41) is 0. The smallest absolute Gasteiger partial charge is 0.331 e. The molecule has 0 radical (unpaired) electrons. The van der Waals surface area contributed by atoms with Gasteiger partial charge in [-0.2, -0.15) is 0 Å². The van der Waals surface area contributed by atoms with Crippen LogP contribution in [0.3, 0.4) is 0 Å². The second kappa shape index (κ2) is 4.77. The van der Waals surface area contributed by atoms with E-state index in [9.17, 15) is 9.59 Å². The van der Waals surface area contributed by atoms with E-state index in [1.165, 1.54) is 28.2 Å². The number of anilines is 1. The Morgan fingerprint density at radius 1 is 1.35 bits per heavy atom. The number of hydrogen-bond acceptors (Lipinski definition) is 3. The van der Waals surface area contributed by atoms with Crippen LogP contribution in [0.5, 0.6) is 0 Å². The molecular formula is C12H19N3O2. The van der Waals surface area contributed by atoms with Crippen molar-refractivity contribution >= 4 is 5.69 Å². The van der Waals surface area contributed by atoms with Crippen LogP contribution in [0, 0.1) is 5.92 Å². The molecule has 5 heteroatoms. The third kappa shape index (κ3) is 2.60. The number of rotatable bonds is 5. The van der Waals surface area contributed by atoms with E-state index in [1.807, 2.05) is 6.92 Å². The van der Waals surface area contributed by atoms with E-state index in [-0.39, 0.29) is 16.9 Å². The Kier molecular flexibility index (Phi) is 3.36. The highest BCUT2D eigenvalue weighted by atomic mass is 16.2. The van der Waals surface area contributed by atoms with Gasteiger partial charge in [-0.3, -0.25) is 13.9 Å². The van der Waals surface area contributed by atoms with Gasteiger partial charge in [0.15, 0.2) is 0 Å². The number of nitrogen functional groups attached to an aromatic ring is 1. The quantitative estimate of drug-likeness (QED) is 0.823. The molecule has 1 fully saturated rings. The lowest BCUT2D eigenvalue weighted by Crippen LogP contribution is -2.40. The molecule has 0 unspecified atom stereocenters. The molecule has 0 saturated heterocycles. The maximum Gasteiger partial charge on any atom is 0.331 e. The second-order valence-corrected chi connectivity index (χ2v) is 4.75. The molecule has 1 aromatic rings. The molecule has 5 nitrogen and oxygen atoms in total. The van der Waals surface area contributed by atoms with Crippen molar-refractivity contribution in [1.29, 1.82) is 0 Å². The summed E-state index contributed by atoms with van der Waals surface area (Å²) in [7, 11) is 0. The van der Waals surface area contributed by atoms with Gasteiger partial charge in [-0.05, 0) is 18.8 Å². The van der Waals surface area contributed by atoms with Gasteiger partial charge in [0.1, 0.15) is 5.69 Å². The first-order valence-corrected chi connectivity index (χ1v) is 6.23. The molecule has 1 aliphatic carbocycles. The molecule has 17 heavy (non-hydrogen) atoms. The van der Waals surface area contributed by atoms with Crippen molar-refractivity contribution < 1.29 is 0 Å². The van der Waals surface area contributed by atoms with Gasteiger partial charge in [-0.15, -0.1) is 0 Å². The van der Waals surface area contributed by atoms with Crippen LogP contribution in [0.15, 0.2) is 15.8 Å². The van der Waals surface area contributed by atoms with Crippen molar-refractivity contribution in [3.63, 3.8) is 0 Å². The van der Waals surface area contributed by atoms with Gasteiger partial charge in [-0.1, -0.05) is 19.8 Å². The lowest BCUT2D eigenvalue weighted by molar-refractivity contribution is 0.515. The minimum Gasteiger partial charge on any atom is -0.393 e. The summed E-state index contributed by atoms with van der Waals surface area (Å²) in [5.41, 5.74) is 5.24. The van der Waals surface area contributed by atoms with Crippen molar-refractivity contribution in [2.75, 3.05) is 5.73 Å². The van der Waals surface area contributed by atoms with Crippen molar-refractivity contribution in [1.82, 2.24) is 9.13 Å². The maximum atomic E-state index is 12.0. The van der Waals surface area contributed by atoms with E-state index < -0.39 is 0 Å². The SMILES string of the molecule is CCCn1cc(N)c(=O)n(CCC2CC2)c1=O. The summed E-state index contributed by atoms with van der Waals surface area (Å²) in [4.78, 5) is 23.8. The highest BCUT2D eigenvalue weighted by Gasteiger charge is 2.21. The van der Waals surface area contributed by atoms with Crippen LogP contribution in [0.25, 0.3) is 0 Å². The zero-order chi connectivity index (χ0) is 12.4. The van der Waals surface area contributed by atoms with Crippen LogP contribution < -0.4 is 17.0 Å². The molecule has 94 valence electrons. The topological polar surface area (TPSA) is 70.0 Å². The van der Waals surface area contributed by atoms with Crippen LogP contribution in [0.4, 0.5) is 5.69 Å². The van der Waals surface area contributed by atoms with Gasteiger partial charge in [0.05, 0.1) is 0 Å². The van der Waals surface area contributed by atoms with Crippen molar-refractivity contribution in [3.8, 4) is 0 Å². The highest BCUT2D eigenvalue weighted by Crippen LogP contribution is 2.32. The van der Waals surface area contributed by atoms with E-state index in [2.05, 4.69) is 0 Å². The van der Waals surface area contributed by atoms with Gasteiger partial charge in [0, 0.05) is 19.3 Å². The number of nitrogens with two attached hydrogens (primary N) is 1. The minimum atomic E-state index is -0.344. The highest BCUT2D eigenvalue weighted by molar-refractivity contribution is 5.30. The van der Waals surface area contributed by atoms with Crippen LogP contribution >= 0.6 is 0 Å². The van der Waals surface area contributed by atoms with Crippen LogP contribution in [-0.4, -0.2) is 9.13 Å². The standard InChI is InChI=1S/C12H19N3O2/c1-2-6-14-8-10(13)11(16)15(12(14)17)7-5-9-3-4-9/h8-9H,2-7,13H2,1H3. The summed E-state index contributed by atoms with van der Waals surface area (Å²) < 4.78 is 2.81. The van der Waals surface area contributed by atoms with E-state index >= 15 is 0 Å². The summed E-state index contributed by atoms with van der Waals surface area (Å²) in [6.07, 6.45) is 5.66. The molecule has 0 bridgehead atoms. The first-order chi connectivity index (χ1) is 8.13. The lowest BCUT2D eigenvalue weighted by atomic mass is 10.3. The molecule has 1 aromatic heterocycles. The molecule has 1 saturated carbocycles. The number of hydrogen-bond donors (Lipinski definition) is 1. The Hall–Kier alpha value is -1.52.